The number of carbonyl (C=O) groups excluding carboxylic acids is 1. The lowest BCUT2D eigenvalue weighted by molar-refractivity contribution is -0.120. The number of nitrogens with one attached hydrogen (secondary N) is 1. The van der Waals surface area contributed by atoms with Gasteiger partial charge in [-0.15, -0.1) is 0 Å². The van der Waals surface area contributed by atoms with Gasteiger partial charge in [-0.1, -0.05) is 18.2 Å². The van der Waals surface area contributed by atoms with E-state index in [1.165, 1.54) is 6.07 Å². The quantitative estimate of drug-likeness (QED) is 0.721. The molecule has 140 valence electrons. The number of para-hydroxylation sites is 1. The number of likely N-dealkylation sites (N-methyl/N-ethyl adjacent to an activating group) is 1. The molecule has 0 spiro atoms. The van der Waals surface area contributed by atoms with E-state index >= 15 is 0 Å². The van der Waals surface area contributed by atoms with Gasteiger partial charge in [0.1, 0.15) is 11.6 Å². The number of amides is 1. The SMILES string of the molecule is C[C@H](C(=O)Nc1ccc(F)cc1F)N(C)Cc1cnn(-c2ccccc2)c1. The van der Waals surface area contributed by atoms with Crippen molar-refractivity contribution in [2.75, 3.05) is 12.4 Å². The molecule has 2 aromatic carbocycles. The van der Waals surface area contributed by atoms with Crippen molar-refractivity contribution in [1.82, 2.24) is 14.7 Å². The number of halogens is 2. The van der Waals surface area contributed by atoms with Gasteiger partial charge < -0.3 is 5.32 Å². The predicted molar refractivity (Wildman–Crippen MR) is 99.5 cm³/mol. The number of carbonyl (C=O) groups is 1. The number of benzene rings is 2. The average molecular weight is 370 g/mol. The van der Waals surface area contributed by atoms with Gasteiger partial charge in [0.25, 0.3) is 0 Å². The molecule has 0 radical (unpaired) electrons. The summed E-state index contributed by atoms with van der Waals surface area (Å²) in [6.45, 7) is 2.21. The molecule has 0 aliphatic heterocycles. The van der Waals surface area contributed by atoms with E-state index in [9.17, 15) is 13.6 Å². The van der Waals surface area contributed by atoms with Crippen LogP contribution in [0.25, 0.3) is 5.69 Å². The maximum Gasteiger partial charge on any atom is 0.241 e. The van der Waals surface area contributed by atoms with Gasteiger partial charge in [-0.25, -0.2) is 13.5 Å². The molecule has 27 heavy (non-hydrogen) atoms. The molecule has 1 atom stereocenters. The number of anilines is 1. The van der Waals surface area contributed by atoms with Crippen molar-refractivity contribution in [2.45, 2.75) is 19.5 Å². The fourth-order valence-electron chi connectivity index (χ4n) is 2.62. The first-order chi connectivity index (χ1) is 12.9. The Morgan fingerprint density at radius 3 is 2.67 bits per heavy atom. The summed E-state index contributed by atoms with van der Waals surface area (Å²) in [5.74, 6) is -1.87. The van der Waals surface area contributed by atoms with Crippen LogP contribution in [-0.2, 0) is 11.3 Å². The molecule has 1 amide bonds. The van der Waals surface area contributed by atoms with Crippen molar-refractivity contribution >= 4 is 11.6 Å². The van der Waals surface area contributed by atoms with Gasteiger partial charge in [0, 0.05) is 24.4 Å². The molecule has 0 fully saturated rings. The summed E-state index contributed by atoms with van der Waals surface area (Å²) in [5, 5.41) is 6.83. The van der Waals surface area contributed by atoms with Crippen LogP contribution in [-0.4, -0.2) is 33.7 Å². The Labute approximate surface area is 156 Å². The molecule has 5 nitrogen and oxygen atoms in total. The molecule has 0 unspecified atom stereocenters. The standard InChI is InChI=1S/C20H20F2N4O/c1-14(20(27)24-19-9-8-16(21)10-18(19)22)25(2)12-15-11-23-26(13-15)17-6-4-3-5-7-17/h3-11,13-14H,12H2,1-2H3,(H,24,27)/t14-/m1/s1. The minimum atomic E-state index is -0.803. The molecule has 0 aliphatic rings. The number of hydrogen-bond donors (Lipinski definition) is 1. The van der Waals surface area contributed by atoms with E-state index in [-0.39, 0.29) is 11.6 Å². The summed E-state index contributed by atoms with van der Waals surface area (Å²) in [7, 11) is 1.80. The Balaban J connectivity index is 1.62. The Hall–Kier alpha value is -3.06. The highest BCUT2D eigenvalue weighted by atomic mass is 19.1. The van der Waals surface area contributed by atoms with E-state index < -0.39 is 17.7 Å². The van der Waals surface area contributed by atoms with E-state index in [1.54, 1.807) is 24.9 Å². The van der Waals surface area contributed by atoms with E-state index in [0.29, 0.717) is 6.54 Å². The molecule has 1 heterocycles. The van der Waals surface area contributed by atoms with E-state index in [1.807, 2.05) is 41.4 Å². The zero-order valence-corrected chi connectivity index (χ0v) is 15.1. The molecule has 0 aliphatic carbocycles. The minimum Gasteiger partial charge on any atom is -0.322 e. The number of aromatic nitrogens is 2. The molecule has 7 heteroatoms. The average Bonchev–Trinajstić information content (AvgIpc) is 3.12. The van der Waals surface area contributed by atoms with Crippen molar-refractivity contribution < 1.29 is 13.6 Å². The highest BCUT2D eigenvalue weighted by Gasteiger charge is 2.20. The maximum atomic E-state index is 13.7. The van der Waals surface area contributed by atoms with Gasteiger partial charge in [0.15, 0.2) is 0 Å². The zero-order chi connectivity index (χ0) is 19.4. The van der Waals surface area contributed by atoms with Crippen LogP contribution in [0.4, 0.5) is 14.5 Å². The third-order valence-corrected chi connectivity index (χ3v) is 4.32. The molecular weight excluding hydrogens is 350 g/mol. The Morgan fingerprint density at radius 1 is 1.22 bits per heavy atom. The molecule has 1 aromatic heterocycles. The maximum absolute atomic E-state index is 13.7. The zero-order valence-electron chi connectivity index (χ0n) is 15.1. The summed E-state index contributed by atoms with van der Waals surface area (Å²) >= 11 is 0. The smallest absolute Gasteiger partial charge is 0.241 e. The first-order valence-corrected chi connectivity index (χ1v) is 8.49. The molecule has 0 saturated carbocycles. The van der Waals surface area contributed by atoms with Crippen molar-refractivity contribution in [3.8, 4) is 5.69 Å². The Morgan fingerprint density at radius 2 is 1.96 bits per heavy atom. The summed E-state index contributed by atoms with van der Waals surface area (Å²) in [5.41, 5.74) is 1.84. The van der Waals surface area contributed by atoms with Crippen LogP contribution >= 0.6 is 0 Å². The fourth-order valence-corrected chi connectivity index (χ4v) is 2.62. The normalized spacial score (nSPS) is 12.2. The summed E-state index contributed by atoms with van der Waals surface area (Å²) < 4.78 is 28.4. The minimum absolute atomic E-state index is 0.0430. The lowest BCUT2D eigenvalue weighted by Crippen LogP contribution is -2.39. The first kappa shape index (κ1) is 18.7. The Kier molecular flexibility index (Phi) is 5.61. The van der Waals surface area contributed by atoms with Gasteiger partial charge in [-0.2, -0.15) is 5.10 Å². The fraction of sp³-hybridized carbons (Fsp3) is 0.200. The lowest BCUT2D eigenvalue weighted by Gasteiger charge is -2.23. The van der Waals surface area contributed by atoms with Crippen LogP contribution in [0.2, 0.25) is 0 Å². The third kappa shape index (κ3) is 4.57. The molecule has 0 bridgehead atoms. The van der Waals surface area contributed by atoms with Crippen LogP contribution < -0.4 is 5.32 Å². The molecule has 0 saturated heterocycles. The van der Waals surface area contributed by atoms with E-state index in [2.05, 4.69) is 10.4 Å². The van der Waals surface area contributed by atoms with Crippen molar-refractivity contribution in [3.05, 3.63) is 78.1 Å². The third-order valence-electron chi connectivity index (χ3n) is 4.32. The summed E-state index contributed by atoms with van der Waals surface area (Å²) in [6.07, 6.45) is 3.64. The van der Waals surface area contributed by atoms with Crippen LogP contribution in [0.15, 0.2) is 60.9 Å². The van der Waals surface area contributed by atoms with Crippen molar-refractivity contribution in [3.63, 3.8) is 0 Å². The molecule has 3 aromatic rings. The van der Waals surface area contributed by atoms with Crippen LogP contribution in [0.1, 0.15) is 12.5 Å². The van der Waals surface area contributed by atoms with Gasteiger partial charge in [-0.3, -0.25) is 9.69 Å². The largest absolute Gasteiger partial charge is 0.322 e. The topological polar surface area (TPSA) is 50.2 Å². The Bertz CT molecular complexity index is 927. The summed E-state index contributed by atoms with van der Waals surface area (Å²) in [4.78, 5) is 14.2. The van der Waals surface area contributed by atoms with Gasteiger partial charge in [-0.05, 0) is 38.2 Å². The lowest BCUT2D eigenvalue weighted by atomic mass is 10.2. The number of nitrogens with zero attached hydrogens (tertiary/aromatic N) is 3. The highest BCUT2D eigenvalue weighted by Crippen LogP contribution is 2.16. The molecule has 1 N–H and O–H groups in total. The second-order valence-electron chi connectivity index (χ2n) is 6.33. The van der Waals surface area contributed by atoms with Crippen molar-refractivity contribution in [1.29, 1.82) is 0 Å². The number of hydrogen-bond acceptors (Lipinski definition) is 3. The summed E-state index contributed by atoms with van der Waals surface area (Å²) in [6, 6.07) is 12.2. The number of rotatable bonds is 6. The second-order valence-corrected chi connectivity index (χ2v) is 6.33. The first-order valence-electron chi connectivity index (χ1n) is 8.49. The van der Waals surface area contributed by atoms with Crippen molar-refractivity contribution in [2.24, 2.45) is 0 Å². The van der Waals surface area contributed by atoms with Crippen LogP contribution in [0.3, 0.4) is 0 Å². The van der Waals surface area contributed by atoms with E-state index in [0.717, 1.165) is 23.4 Å². The monoisotopic (exact) mass is 370 g/mol. The highest BCUT2D eigenvalue weighted by molar-refractivity contribution is 5.94. The van der Waals surface area contributed by atoms with Gasteiger partial charge in [0.05, 0.1) is 23.6 Å². The van der Waals surface area contributed by atoms with Crippen LogP contribution in [0.5, 0.6) is 0 Å². The molecular formula is C20H20F2N4O. The van der Waals surface area contributed by atoms with E-state index in [4.69, 9.17) is 0 Å². The predicted octanol–water partition coefficient (Wildman–Crippen LogP) is 3.61. The molecule has 3 rings (SSSR count). The van der Waals surface area contributed by atoms with Crippen LogP contribution in [0, 0.1) is 11.6 Å². The van der Waals surface area contributed by atoms with Gasteiger partial charge >= 0.3 is 0 Å². The second kappa shape index (κ2) is 8.09. The van der Waals surface area contributed by atoms with Gasteiger partial charge in [0.2, 0.25) is 5.91 Å².